The van der Waals surface area contributed by atoms with E-state index in [1.54, 1.807) is 6.07 Å². The number of imidazole rings is 1. The van der Waals surface area contributed by atoms with E-state index < -0.39 is 59.5 Å². The molecule has 0 radical (unpaired) electrons. The Balaban J connectivity index is 1.51. The summed E-state index contributed by atoms with van der Waals surface area (Å²) in [5.41, 5.74) is 11.7. The molecule has 25 heteroatoms. The summed E-state index contributed by atoms with van der Waals surface area (Å²) >= 11 is 0. The van der Waals surface area contributed by atoms with Gasteiger partial charge in [0.1, 0.15) is 18.4 Å². The molecule has 4 rings (SSSR count). The lowest BCUT2D eigenvalue weighted by molar-refractivity contribution is -0.386. The molecule has 46 heavy (non-hydrogen) atoms. The van der Waals surface area contributed by atoms with E-state index in [1.165, 1.54) is 30.0 Å². The van der Waals surface area contributed by atoms with E-state index in [4.69, 9.17) is 30.7 Å². The van der Waals surface area contributed by atoms with Gasteiger partial charge in [0.05, 0.1) is 36.1 Å². The molecule has 1 aromatic carbocycles. The van der Waals surface area contributed by atoms with Crippen molar-refractivity contribution in [2.24, 2.45) is 5.73 Å². The van der Waals surface area contributed by atoms with Gasteiger partial charge < -0.3 is 45.6 Å². The van der Waals surface area contributed by atoms with E-state index in [9.17, 15) is 38.7 Å². The van der Waals surface area contributed by atoms with Gasteiger partial charge in [0.2, 0.25) is 11.8 Å². The van der Waals surface area contributed by atoms with Gasteiger partial charge in [0, 0.05) is 18.1 Å². The fourth-order valence-electron chi connectivity index (χ4n) is 4.21. The molecule has 2 aromatic heterocycles. The molecule has 0 saturated carbocycles. The SMILES string of the molecule is C[C@H](Oc1nc(N)nc2c1ncn2[C@H]1CC(O)[C@@H](COP(=O)(O)OP(=O)(O)OP(=O)(O)O)O1)c1ccc(C#CCN)cc1[N+](=O)[O-]. The number of ether oxygens (including phenoxy) is 2. The van der Waals surface area contributed by atoms with Crippen LogP contribution in [0.25, 0.3) is 11.2 Å². The fourth-order valence-corrected chi connectivity index (χ4v) is 7.24. The molecule has 9 N–H and O–H groups in total. The van der Waals surface area contributed by atoms with E-state index >= 15 is 0 Å². The van der Waals surface area contributed by atoms with Crippen LogP contribution in [0.2, 0.25) is 0 Å². The van der Waals surface area contributed by atoms with Crippen molar-refractivity contribution in [1.29, 1.82) is 0 Å². The molecular formula is C21H26N7O15P3. The lowest BCUT2D eigenvalue weighted by Gasteiger charge is -2.19. The topological polar surface area (TPSA) is 337 Å². The molecule has 1 aliphatic heterocycles. The number of fused-ring (bicyclic) bond motifs is 1. The number of nitrogens with two attached hydrogens (primary N) is 2. The van der Waals surface area contributed by atoms with Gasteiger partial charge in [-0.2, -0.15) is 18.6 Å². The van der Waals surface area contributed by atoms with Crippen LogP contribution in [-0.2, 0) is 31.6 Å². The number of phosphoric ester groups is 1. The Morgan fingerprint density at radius 3 is 2.57 bits per heavy atom. The van der Waals surface area contributed by atoms with E-state index in [2.05, 4.69) is 39.9 Å². The number of nitro groups is 1. The Labute approximate surface area is 257 Å². The van der Waals surface area contributed by atoms with Crippen LogP contribution in [-0.4, -0.2) is 74.5 Å². The van der Waals surface area contributed by atoms with Crippen LogP contribution in [0.3, 0.4) is 0 Å². The average molecular weight is 709 g/mol. The molecule has 1 aliphatic rings. The van der Waals surface area contributed by atoms with Crippen LogP contribution in [0.15, 0.2) is 24.5 Å². The minimum atomic E-state index is -5.74. The van der Waals surface area contributed by atoms with Crippen molar-refractivity contribution in [3.8, 4) is 17.7 Å². The molecule has 0 spiro atoms. The number of nitrogen functional groups attached to an aromatic ring is 1. The van der Waals surface area contributed by atoms with Crippen molar-refractivity contribution in [3.63, 3.8) is 0 Å². The minimum absolute atomic E-state index is 0.0577. The Kier molecular flexibility index (Phi) is 10.6. The van der Waals surface area contributed by atoms with Crippen molar-refractivity contribution in [3.05, 3.63) is 45.8 Å². The Bertz CT molecular complexity index is 1840. The quantitative estimate of drug-likeness (QED) is 0.0590. The van der Waals surface area contributed by atoms with E-state index in [0.717, 1.165) is 0 Å². The van der Waals surface area contributed by atoms with Crippen LogP contribution < -0.4 is 16.2 Å². The maximum absolute atomic E-state index is 12.0. The van der Waals surface area contributed by atoms with Crippen LogP contribution >= 0.6 is 23.5 Å². The predicted octanol–water partition coefficient (Wildman–Crippen LogP) is 0.759. The van der Waals surface area contributed by atoms with E-state index in [0.29, 0.717) is 5.56 Å². The number of aliphatic hydroxyl groups is 1. The first-order valence-electron chi connectivity index (χ1n) is 12.6. The number of rotatable bonds is 12. The third-order valence-electron chi connectivity index (χ3n) is 6.03. The summed E-state index contributed by atoms with van der Waals surface area (Å²) in [6, 6.07) is 4.31. The van der Waals surface area contributed by atoms with Gasteiger partial charge in [-0.1, -0.05) is 11.8 Å². The minimum Gasteiger partial charge on any atom is -0.468 e. The van der Waals surface area contributed by atoms with Crippen molar-refractivity contribution in [2.75, 3.05) is 18.9 Å². The second-order valence-electron chi connectivity index (χ2n) is 9.33. The highest BCUT2D eigenvalue weighted by Crippen LogP contribution is 2.66. The molecule has 0 amide bonds. The highest BCUT2D eigenvalue weighted by atomic mass is 31.3. The Hall–Kier alpha value is -3.38. The summed E-state index contributed by atoms with van der Waals surface area (Å²) in [7, 11) is -16.8. The number of benzene rings is 1. The summed E-state index contributed by atoms with van der Waals surface area (Å²) in [4.78, 5) is 59.8. The highest BCUT2D eigenvalue weighted by molar-refractivity contribution is 7.66. The van der Waals surface area contributed by atoms with Crippen LogP contribution in [0, 0.1) is 22.0 Å². The van der Waals surface area contributed by atoms with Gasteiger partial charge >= 0.3 is 23.5 Å². The van der Waals surface area contributed by atoms with Gasteiger partial charge in [-0.05, 0) is 19.1 Å². The number of nitrogens with zero attached hydrogens (tertiary/aromatic N) is 5. The predicted molar refractivity (Wildman–Crippen MR) is 152 cm³/mol. The average Bonchev–Trinajstić information content (AvgIpc) is 3.51. The zero-order valence-corrected chi connectivity index (χ0v) is 26.0. The zero-order chi connectivity index (χ0) is 34.0. The first-order valence-corrected chi connectivity index (χ1v) is 17.2. The number of hydrogen-bond acceptors (Lipinski definition) is 16. The summed E-state index contributed by atoms with van der Waals surface area (Å²) in [6.07, 6.45) is -3.56. The first-order chi connectivity index (χ1) is 21.4. The first kappa shape index (κ1) is 35.5. The maximum Gasteiger partial charge on any atom is 0.490 e. The van der Waals surface area contributed by atoms with Gasteiger partial charge in [0.15, 0.2) is 11.2 Å². The second kappa shape index (κ2) is 13.8. The summed E-state index contributed by atoms with van der Waals surface area (Å²) in [6.45, 7) is 0.708. The van der Waals surface area contributed by atoms with Gasteiger partial charge in [0.25, 0.3) is 5.69 Å². The molecule has 3 heterocycles. The lowest BCUT2D eigenvalue weighted by Crippen LogP contribution is -2.26. The van der Waals surface area contributed by atoms with Crippen molar-refractivity contribution in [2.45, 2.75) is 37.9 Å². The number of aliphatic hydroxyl groups excluding tert-OH is 1. The second-order valence-corrected chi connectivity index (χ2v) is 13.7. The standard InChI is InChI=1S/C21H26N7O15P3/c1-11(13-5-4-12(3-2-6-22)7-14(13)28(30)31)40-20-18-19(25-21(23)26-20)27(10-24-18)17-8-15(29)16(41-17)9-39-45(35,36)43-46(37,38)42-44(32,33)34/h4-5,7,10-11,15-17,29H,6,8-9,22H2,1H3,(H,35,36)(H,37,38)(H2,23,25,26)(H2,32,33,34)/t11-,15?,16+,17+/m0/s1. The normalized spacial score (nSPS) is 21.6. The van der Waals surface area contributed by atoms with Crippen molar-refractivity contribution in [1.82, 2.24) is 19.5 Å². The molecule has 0 aliphatic carbocycles. The van der Waals surface area contributed by atoms with Gasteiger partial charge in [-0.25, -0.2) is 18.7 Å². The van der Waals surface area contributed by atoms with Gasteiger partial charge in [-0.3, -0.25) is 19.2 Å². The molecule has 22 nitrogen and oxygen atoms in total. The van der Waals surface area contributed by atoms with E-state index in [1.807, 2.05) is 0 Å². The highest BCUT2D eigenvalue weighted by Gasteiger charge is 2.43. The number of phosphoric acid groups is 3. The molecule has 1 saturated heterocycles. The van der Waals surface area contributed by atoms with E-state index in [-0.39, 0.29) is 47.2 Å². The number of nitro benzene ring substituents is 1. The smallest absolute Gasteiger partial charge is 0.468 e. The molecule has 0 bridgehead atoms. The Morgan fingerprint density at radius 2 is 1.91 bits per heavy atom. The summed E-state index contributed by atoms with van der Waals surface area (Å²) in [5.74, 6) is 4.92. The van der Waals surface area contributed by atoms with Crippen LogP contribution in [0.4, 0.5) is 11.6 Å². The van der Waals surface area contributed by atoms with Crippen LogP contribution in [0.1, 0.15) is 36.8 Å². The number of hydrogen-bond donors (Lipinski definition) is 7. The third kappa shape index (κ3) is 8.90. The molecule has 250 valence electrons. The third-order valence-corrected chi connectivity index (χ3v) is 9.83. The lowest BCUT2D eigenvalue weighted by atomic mass is 10.1. The Morgan fingerprint density at radius 1 is 1.20 bits per heavy atom. The molecule has 3 aromatic rings. The van der Waals surface area contributed by atoms with Gasteiger partial charge in [-0.15, -0.1) is 0 Å². The molecular weight excluding hydrogens is 683 g/mol. The van der Waals surface area contributed by atoms with Crippen LogP contribution in [0.5, 0.6) is 5.88 Å². The largest absolute Gasteiger partial charge is 0.490 e. The molecule has 6 atom stereocenters. The summed E-state index contributed by atoms with van der Waals surface area (Å²) in [5, 5.41) is 22.2. The molecule has 1 fully saturated rings. The monoisotopic (exact) mass is 709 g/mol. The van der Waals surface area contributed by atoms with Crippen molar-refractivity contribution >= 4 is 46.3 Å². The zero-order valence-electron chi connectivity index (χ0n) is 23.3. The van der Waals surface area contributed by atoms with Crippen molar-refractivity contribution < 1.29 is 65.9 Å². The number of anilines is 1. The molecule has 3 unspecified atom stereocenters. The number of aromatic nitrogens is 4. The summed E-state index contributed by atoms with van der Waals surface area (Å²) < 4.78 is 59.1. The fraction of sp³-hybridized carbons (Fsp3) is 0.381. The maximum atomic E-state index is 12.0.